The van der Waals surface area contributed by atoms with Crippen molar-refractivity contribution in [3.63, 3.8) is 0 Å². The fourth-order valence-corrected chi connectivity index (χ4v) is 5.80. The van der Waals surface area contributed by atoms with E-state index in [1.807, 2.05) is 30.3 Å². The first-order chi connectivity index (χ1) is 20.4. The molecule has 0 aliphatic carbocycles. The van der Waals surface area contributed by atoms with E-state index in [0.717, 1.165) is 0 Å². The smallest absolute Gasteiger partial charge is 0.341 e. The lowest BCUT2D eigenvalue weighted by atomic mass is 9.93. The second-order valence-electron chi connectivity index (χ2n) is 9.30. The molecule has 0 unspecified atom stereocenters. The van der Waals surface area contributed by atoms with Gasteiger partial charge in [0.2, 0.25) is 6.79 Å². The van der Waals surface area contributed by atoms with Crippen molar-refractivity contribution >= 4 is 35.0 Å². The van der Waals surface area contributed by atoms with Crippen LogP contribution in [-0.4, -0.2) is 41.6 Å². The molecule has 0 fully saturated rings. The van der Waals surface area contributed by atoms with E-state index in [1.165, 1.54) is 15.9 Å². The second-order valence-corrected chi connectivity index (χ2v) is 10.3. The van der Waals surface area contributed by atoms with Gasteiger partial charge in [-0.05, 0) is 48.4 Å². The summed E-state index contributed by atoms with van der Waals surface area (Å²) in [5, 5.41) is 8.84. The van der Waals surface area contributed by atoms with E-state index in [2.05, 4.69) is 0 Å². The van der Waals surface area contributed by atoms with E-state index in [1.54, 1.807) is 55.5 Å². The van der Waals surface area contributed by atoms with Crippen LogP contribution in [-0.2, 0) is 14.3 Å². The molecule has 0 saturated heterocycles. The fraction of sp³-hybridized carbons (Fsp3) is 0.161. The summed E-state index contributed by atoms with van der Waals surface area (Å²) in [6, 6.07) is 20.5. The Hall–Kier alpha value is -5.16. The number of aliphatic carboxylic acids is 1. The maximum atomic E-state index is 14.0. The molecule has 10 nitrogen and oxygen atoms in total. The van der Waals surface area contributed by atoms with E-state index < -0.39 is 24.6 Å². The van der Waals surface area contributed by atoms with Crippen molar-refractivity contribution in [3.8, 4) is 17.2 Å². The maximum Gasteiger partial charge on any atom is 0.341 e. The first-order valence-corrected chi connectivity index (χ1v) is 13.9. The molecule has 2 aliphatic heterocycles. The first-order valence-electron chi connectivity index (χ1n) is 13.1. The van der Waals surface area contributed by atoms with Gasteiger partial charge in [-0.3, -0.25) is 9.36 Å². The molecule has 0 amide bonds. The van der Waals surface area contributed by atoms with Crippen molar-refractivity contribution in [2.45, 2.75) is 13.0 Å². The minimum atomic E-state index is -1.07. The summed E-state index contributed by atoms with van der Waals surface area (Å²) in [5.74, 6) is -0.165. The molecule has 0 saturated carbocycles. The molecular formula is C31H24N2O8S. The number of carboxylic acids is 1. The highest BCUT2D eigenvalue weighted by atomic mass is 32.1. The van der Waals surface area contributed by atoms with Gasteiger partial charge in [-0.2, -0.15) is 0 Å². The molecule has 212 valence electrons. The average Bonchev–Trinajstić information content (AvgIpc) is 3.60. The SMILES string of the molecule is CCOC(=O)C1=C(c2ccccc2)N=c2s/c(=C\c3ccc(OCC(=O)O)cc3)c(=O)n2[C@H]1c1ccc2c(c1)OCO2. The number of carbonyl (C=O) groups is 2. The Bertz CT molecular complexity index is 1890. The number of rotatable bonds is 8. The molecule has 2 aliphatic rings. The monoisotopic (exact) mass is 584 g/mol. The van der Waals surface area contributed by atoms with Crippen molar-refractivity contribution in [3.05, 3.63) is 115 Å². The summed E-state index contributed by atoms with van der Waals surface area (Å²) in [6.45, 7) is 1.50. The zero-order valence-corrected chi connectivity index (χ0v) is 23.1. The summed E-state index contributed by atoms with van der Waals surface area (Å²) in [5.41, 5.74) is 2.38. The predicted molar refractivity (Wildman–Crippen MR) is 153 cm³/mol. The molecule has 0 radical (unpaired) electrons. The van der Waals surface area contributed by atoms with E-state index in [-0.39, 0.29) is 24.5 Å². The standard InChI is InChI=1S/C31H24N2O8S/c1-2-38-30(37)26-27(19-6-4-3-5-7-19)32-31-33(28(26)20-10-13-22-23(15-20)41-17-40-22)29(36)24(42-31)14-18-8-11-21(12-9-18)39-16-25(34)35/h3-15,28H,2,16-17H2,1H3,(H,34,35)/b24-14-/t28-/m0/s1. The number of carbonyl (C=O) groups excluding carboxylic acids is 1. The van der Waals surface area contributed by atoms with Crippen LogP contribution >= 0.6 is 11.3 Å². The van der Waals surface area contributed by atoms with Crippen LogP contribution in [0.3, 0.4) is 0 Å². The summed E-state index contributed by atoms with van der Waals surface area (Å²) in [4.78, 5) is 43.6. The topological polar surface area (TPSA) is 126 Å². The van der Waals surface area contributed by atoms with E-state index in [0.29, 0.717) is 49.0 Å². The maximum absolute atomic E-state index is 14.0. The molecule has 11 heteroatoms. The van der Waals surface area contributed by atoms with Crippen LogP contribution in [0.5, 0.6) is 17.2 Å². The Morgan fingerprint density at radius 3 is 2.57 bits per heavy atom. The molecular weight excluding hydrogens is 560 g/mol. The zero-order chi connectivity index (χ0) is 29.2. The Morgan fingerprint density at radius 1 is 1.07 bits per heavy atom. The Kier molecular flexibility index (Phi) is 7.32. The molecule has 3 heterocycles. The Labute approximate surface area is 243 Å². The summed E-state index contributed by atoms with van der Waals surface area (Å²) < 4.78 is 23.7. The Balaban J connectivity index is 1.54. The highest BCUT2D eigenvalue weighted by molar-refractivity contribution is 7.07. The third kappa shape index (κ3) is 5.17. The van der Waals surface area contributed by atoms with Crippen LogP contribution in [0.4, 0.5) is 0 Å². The van der Waals surface area contributed by atoms with E-state index >= 15 is 0 Å². The van der Waals surface area contributed by atoms with Gasteiger partial charge in [0.25, 0.3) is 5.56 Å². The molecule has 6 rings (SSSR count). The lowest BCUT2D eigenvalue weighted by molar-refractivity contribution is -0.140. The number of hydrogen-bond donors (Lipinski definition) is 1. The molecule has 1 N–H and O–H groups in total. The number of ether oxygens (including phenoxy) is 4. The van der Waals surface area contributed by atoms with Gasteiger partial charge in [0.1, 0.15) is 5.75 Å². The van der Waals surface area contributed by atoms with Gasteiger partial charge in [0, 0.05) is 5.56 Å². The van der Waals surface area contributed by atoms with Crippen molar-refractivity contribution in [1.82, 2.24) is 4.57 Å². The number of benzene rings is 3. The number of nitrogens with zero attached hydrogens (tertiary/aromatic N) is 2. The summed E-state index contributed by atoms with van der Waals surface area (Å²) >= 11 is 1.20. The van der Waals surface area contributed by atoms with Gasteiger partial charge in [-0.25, -0.2) is 14.6 Å². The third-order valence-electron chi connectivity index (χ3n) is 6.63. The highest BCUT2D eigenvalue weighted by Crippen LogP contribution is 2.40. The van der Waals surface area contributed by atoms with Crippen LogP contribution in [0.25, 0.3) is 11.8 Å². The fourth-order valence-electron chi connectivity index (χ4n) is 4.80. The van der Waals surface area contributed by atoms with Crippen LogP contribution in [0.1, 0.15) is 29.7 Å². The largest absolute Gasteiger partial charge is 0.482 e. The van der Waals surface area contributed by atoms with Crippen molar-refractivity contribution in [2.24, 2.45) is 4.99 Å². The van der Waals surface area contributed by atoms with Gasteiger partial charge in [0.15, 0.2) is 22.9 Å². The van der Waals surface area contributed by atoms with Gasteiger partial charge in [-0.15, -0.1) is 0 Å². The van der Waals surface area contributed by atoms with Crippen LogP contribution < -0.4 is 29.1 Å². The van der Waals surface area contributed by atoms with Gasteiger partial charge in [0.05, 0.1) is 28.5 Å². The zero-order valence-electron chi connectivity index (χ0n) is 22.3. The minimum Gasteiger partial charge on any atom is -0.482 e. The number of hydrogen-bond acceptors (Lipinski definition) is 9. The average molecular weight is 585 g/mol. The molecule has 3 aromatic carbocycles. The molecule has 1 aromatic heterocycles. The van der Waals surface area contributed by atoms with E-state index in [4.69, 9.17) is 29.0 Å². The summed E-state index contributed by atoms with van der Waals surface area (Å²) in [7, 11) is 0. The lowest BCUT2D eigenvalue weighted by Crippen LogP contribution is -2.40. The number of fused-ring (bicyclic) bond motifs is 2. The lowest BCUT2D eigenvalue weighted by Gasteiger charge is -2.26. The number of thiazole rings is 1. The quantitative estimate of drug-likeness (QED) is 0.313. The van der Waals surface area contributed by atoms with Gasteiger partial charge >= 0.3 is 11.9 Å². The number of esters is 1. The van der Waals surface area contributed by atoms with E-state index in [9.17, 15) is 14.4 Å². The molecule has 0 spiro atoms. The molecule has 0 bridgehead atoms. The van der Waals surface area contributed by atoms with Crippen LogP contribution in [0.2, 0.25) is 0 Å². The minimum absolute atomic E-state index is 0.0809. The van der Waals surface area contributed by atoms with Crippen molar-refractivity contribution in [2.75, 3.05) is 20.0 Å². The molecule has 42 heavy (non-hydrogen) atoms. The second kappa shape index (κ2) is 11.4. The van der Waals surface area contributed by atoms with Gasteiger partial charge < -0.3 is 24.1 Å². The predicted octanol–water partition coefficient (Wildman–Crippen LogP) is 3.13. The Morgan fingerprint density at radius 2 is 1.83 bits per heavy atom. The normalized spacial score (nSPS) is 15.6. The van der Waals surface area contributed by atoms with Crippen LogP contribution in [0.15, 0.2) is 88.2 Å². The van der Waals surface area contributed by atoms with Crippen molar-refractivity contribution in [1.29, 1.82) is 0 Å². The highest BCUT2D eigenvalue weighted by Gasteiger charge is 2.36. The van der Waals surface area contributed by atoms with Gasteiger partial charge in [-0.1, -0.05) is 59.9 Å². The van der Waals surface area contributed by atoms with Crippen LogP contribution in [0, 0.1) is 0 Å². The molecule has 4 aromatic rings. The number of aromatic nitrogens is 1. The third-order valence-corrected chi connectivity index (χ3v) is 7.61. The van der Waals surface area contributed by atoms with Crippen molar-refractivity contribution < 1.29 is 33.6 Å². The first kappa shape index (κ1) is 27.0. The summed E-state index contributed by atoms with van der Waals surface area (Å²) in [6.07, 6.45) is 1.72. The molecule has 1 atom stereocenters. The number of carboxylic acid groups (broad SMARTS) is 1.